The van der Waals surface area contributed by atoms with Crippen LogP contribution in [0.2, 0.25) is 0 Å². The van der Waals surface area contributed by atoms with Gasteiger partial charge in [-0.1, -0.05) is 0 Å². The molecule has 0 spiro atoms. The van der Waals surface area contributed by atoms with E-state index < -0.39 is 21.4 Å². The molecule has 112 valence electrons. The van der Waals surface area contributed by atoms with Crippen molar-refractivity contribution in [3.05, 3.63) is 24.1 Å². The monoisotopic (exact) mass is 303 g/mol. The molecule has 1 aromatic heterocycles. The number of β-amino-alcohol motifs (C(OH)–C–C–N with tert-alkyl or cyclic N) is 1. The number of sulfonamides is 1. The summed E-state index contributed by atoms with van der Waals surface area (Å²) in [6, 6.07) is 2.86. The average Bonchev–Trinajstić information content (AvgIpc) is 2.37. The summed E-state index contributed by atoms with van der Waals surface area (Å²) in [6.07, 6.45) is 3.39. The third-order valence-corrected chi connectivity index (χ3v) is 3.92. The van der Waals surface area contributed by atoms with Crippen molar-refractivity contribution in [1.82, 2.24) is 9.71 Å². The molecule has 0 bridgehead atoms. The summed E-state index contributed by atoms with van der Waals surface area (Å²) in [5.41, 5.74) is -1.14. The highest BCUT2D eigenvalue weighted by atomic mass is 32.2. The van der Waals surface area contributed by atoms with Crippen LogP contribution in [0, 0.1) is 5.82 Å². The molecule has 2 N–H and O–H groups in total. The fraction of sp³-hybridized carbons (Fsp3) is 0.583. The highest BCUT2D eigenvalue weighted by Gasteiger charge is 2.34. The number of aliphatic hydroxyl groups is 1. The highest BCUT2D eigenvalue weighted by molar-refractivity contribution is 7.88. The summed E-state index contributed by atoms with van der Waals surface area (Å²) in [6.45, 7) is 0.914. The van der Waals surface area contributed by atoms with Gasteiger partial charge in [-0.15, -0.1) is 0 Å². The predicted octanol–water partition coefficient (Wildman–Crippen LogP) is 0.101. The number of hydrogen-bond donors (Lipinski definition) is 2. The van der Waals surface area contributed by atoms with E-state index in [9.17, 15) is 17.9 Å². The molecule has 1 fully saturated rings. The molecule has 0 saturated carbocycles. The average molecular weight is 303 g/mol. The second kappa shape index (κ2) is 5.63. The summed E-state index contributed by atoms with van der Waals surface area (Å²) >= 11 is 0. The van der Waals surface area contributed by atoms with Crippen LogP contribution >= 0.6 is 0 Å². The van der Waals surface area contributed by atoms with Crippen molar-refractivity contribution in [1.29, 1.82) is 0 Å². The maximum atomic E-state index is 12.9. The Morgan fingerprint density at radius 2 is 2.30 bits per heavy atom. The van der Waals surface area contributed by atoms with Crippen molar-refractivity contribution < 1.29 is 17.9 Å². The number of pyridine rings is 1. The van der Waals surface area contributed by atoms with Crippen molar-refractivity contribution in [3.8, 4) is 0 Å². The molecule has 0 aliphatic carbocycles. The molecule has 6 nitrogen and oxygen atoms in total. The molecular weight excluding hydrogens is 285 g/mol. The third-order valence-electron chi connectivity index (χ3n) is 3.25. The number of aromatic nitrogens is 1. The molecular formula is C12H18FN3O3S. The second-order valence-electron chi connectivity index (χ2n) is 5.18. The van der Waals surface area contributed by atoms with Gasteiger partial charge in [-0.25, -0.2) is 22.5 Å². The van der Waals surface area contributed by atoms with Gasteiger partial charge in [0.25, 0.3) is 0 Å². The van der Waals surface area contributed by atoms with Gasteiger partial charge in [0.1, 0.15) is 11.6 Å². The molecule has 1 aliphatic heterocycles. The molecule has 0 aromatic carbocycles. The van der Waals surface area contributed by atoms with Crippen molar-refractivity contribution in [3.63, 3.8) is 0 Å². The van der Waals surface area contributed by atoms with Gasteiger partial charge in [-0.2, -0.15) is 0 Å². The summed E-state index contributed by atoms with van der Waals surface area (Å²) in [5.74, 6) is 0.156. The number of nitrogens with one attached hydrogen (secondary N) is 1. The number of halogens is 1. The van der Waals surface area contributed by atoms with Crippen LogP contribution in [0.4, 0.5) is 10.2 Å². The van der Waals surface area contributed by atoms with Crippen LogP contribution in [-0.4, -0.2) is 50.0 Å². The quantitative estimate of drug-likeness (QED) is 0.824. The van der Waals surface area contributed by atoms with Gasteiger partial charge in [0.15, 0.2) is 0 Å². The van der Waals surface area contributed by atoms with E-state index >= 15 is 0 Å². The minimum absolute atomic E-state index is 0.0382. The van der Waals surface area contributed by atoms with Crippen LogP contribution < -0.4 is 9.62 Å². The lowest BCUT2D eigenvalue weighted by Crippen LogP contribution is -2.54. The first-order chi connectivity index (χ1) is 9.27. The molecule has 1 atom stereocenters. The topological polar surface area (TPSA) is 82.5 Å². The van der Waals surface area contributed by atoms with Gasteiger partial charge in [0, 0.05) is 19.6 Å². The van der Waals surface area contributed by atoms with E-state index in [1.54, 1.807) is 6.07 Å². The van der Waals surface area contributed by atoms with E-state index in [4.69, 9.17) is 0 Å². The Kier molecular flexibility index (Phi) is 4.26. The number of hydrogen-bond acceptors (Lipinski definition) is 5. The number of rotatable bonds is 4. The van der Waals surface area contributed by atoms with Crippen molar-refractivity contribution >= 4 is 15.8 Å². The molecule has 0 unspecified atom stereocenters. The minimum atomic E-state index is -3.34. The van der Waals surface area contributed by atoms with Crippen LogP contribution in [0.5, 0.6) is 0 Å². The molecule has 1 aliphatic rings. The fourth-order valence-corrected chi connectivity index (χ4v) is 2.80. The second-order valence-corrected chi connectivity index (χ2v) is 7.01. The Balaban J connectivity index is 2.05. The SMILES string of the molecule is CS(=O)(=O)NC[C@@]1(O)CCCN(c2ccc(F)cn2)C1. The lowest BCUT2D eigenvalue weighted by molar-refractivity contribution is 0.0310. The number of anilines is 1. The van der Waals surface area contributed by atoms with E-state index in [-0.39, 0.29) is 13.1 Å². The van der Waals surface area contributed by atoms with Gasteiger partial charge in [-0.3, -0.25) is 0 Å². The van der Waals surface area contributed by atoms with E-state index in [0.717, 1.165) is 12.5 Å². The fourth-order valence-electron chi connectivity index (χ4n) is 2.27. The summed E-state index contributed by atoms with van der Waals surface area (Å²) < 4.78 is 37.4. The summed E-state index contributed by atoms with van der Waals surface area (Å²) in [5, 5.41) is 10.5. The standard InChI is InChI=1S/C12H18FN3O3S/c1-20(18,19)15-8-12(17)5-2-6-16(9-12)11-4-3-10(13)7-14-11/h3-4,7,15,17H,2,5-6,8-9H2,1H3/t12-/m0/s1. The van der Waals surface area contributed by atoms with Crippen LogP contribution in [0.15, 0.2) is 18.3 Å². The van der Waals surface area contributed by atoms with Crippen LogP contribution in [0.25, 0.3) is 0 Å². The Hall–Kier alpha value is -1.25. The zero-order chi connectivity index (χ0) is 14.8. The predicted molar refractivity (Wildman–Crippen MR) is 73.4 cm³/mol. The van der Waals surface area contributed by atoms with Crippen LogP contribution in [-0.2, 0) is 10.0 Å². The smallest absolute Gasteiger partial charge is 0.208 e. The number of piperidine rings is 1. The first kappa shape index (κ1) is 15.1. The van der Waals surface area contributed by atoms with Crippen LogP contribution in [0.1, 0.15) is 12.8 Å². The first-order valence-electron chi connectivity index (χ1n) is 6.31. The molecule has 1 saturated heterocycles. The maximum Gasteiger partial charge on any atom is 0.208 e. The highest BCUT2D eigenvalue weighted by Crippen LogP contribution is 2.24. The molecule has 8 heteroatoms. The Morgan fingerprint density at radius 3 is 2.90 bits per heavy atom. The lowest BCUT2D eigenvalue weighted by atomic mass is 9.93. The van der Waals surface area contributed by atoms with E-state index in [2.05, 4.69) is 9.71 Å². The third kappa shape index (κ3) is 4.12. The maximum absolute atomic E-state index is 12.9. The molecule has 0 radical (unpaired) electrons. The zero-order valence-electron chi connectivity index (χ0n) is 11.2. The number of nitrogens with zero attached hydrogens (tertiary/aromatic N) is 2. The zero-order valence-corrected chi connectivity index (χ0v) is 12.0. The van der Waals surface area contributed by atoms with Crippen LogP contribution in [0.3, 0.4) is 0 Å². The summed E-state index contributed by atoms with van der Waals surface area (Å²) in [4.78, 5) is 5.80. The Bertz CT molecular complexity index is 564. The van der Waals surface area contributed by atoms with Gasteiger partial charge in [-0.05, 0) is 25.0 Å². The van der Waals surface area contributed by atoms with Gasteiger partial charge in [0.05, 0.1) is 18.1 Å². The lowest BCUT2D eigenvalue weighted by Gasteiger charge is -2.39. The normalized spacial score (nSPS) is 23.9. The Morgan fingerprint density at radius 1 is 1.55 bits per heavy atom. The van der Waals surface area contributed by atoms with Crippen molar-refractivity contribution in [2.45, 2.75) is 18.4 Å². The Labute approximate surface area is 117 Å². The van der Waals surface area contributed by atoms with Gasteiger partial charge < -0.3 is 10.0 Å². The van der Waals surface area contributed by atoms with Gasteiger partial charge >= 0.3 is 0 Å². The van der Waals surface area contributed by atoms with E-state index in [1.807, 2.05) is 4.90 Å². The molecule has 20 heavy (non-hydrogen) atoms. The van der Waals surface area contributed by atoms with Crippen molar-refractivity contribution in [2.24, 2.45) is 0 Å². The largest absolute Gasteiger partial charge is 0.387 e. The van der Waals surface area contributed by atoms with Gasteiger partial charge in [0.2, 0.25) is 10.0 Å². The molecule has 2 rings (SSSR count). The van der Waals surface area contributed by atoms with E-state index in [1.165, 1.54) is 6.07 Å². The van der Waals surface area contributed by atoms with E-state index in [0.29, 0.717) is 25.2 Å². The molecule has 0 amide bonds. The molecule has 2 heterocycles. The summed E-state index contributed by atoms with van der Waals surface area (Å²) in [7, 11) is -3.34. The molecule has 1 aromatic rings. The first-order valence-corrected chi connectivity index (χ1v) is 8.20. The van der Waals surface area contributed by atoms with Crippen molar-refractivity contribution in [2.75, 3.05) is 30.8 Å². The minimum Gasteiger partial charge on any atom is -0.387 e.